The Kier molecular flexibility index (Phi) is 11.6. The first kappa shape index (κ1) is 38.7. The molecule has 5 atom stereocenters. The van der Waals surface area contributed by atoms with Crippen LogP contribution >= 0.6 is 11.6 Å². The predicted molar refractivity (Wildman–Crippen MR) is 189 cm³/mol. The van der Waals surface area contributed by atoms with Crippen molar-refractivity contribution in [1.82, 2.24) is 14.2 Å². The van der Waals surface area contributed by atoms with Gasteiger partial charge in [0.05, 0.1) is 11.8 Å². The lowest BCUT2D eigenvalue weighted by molar-refractivity contribution is -0.120. The highest BCUT2D eigenvalue weighted by molar-refractivity contribution is 7.89. The van der Waals surface area contributed by atoms with Crippen molar-refractivity contribution in [3.05, 3.63) is 99.6 Å². The Hall–Kier alpha value is -3.52. The lowest BCUT2D eigenvalue weighted by atomic mass is 9.82. The van der Waals surface area contributed by atoms with Gasteiger partial charge in [0.1, 0.15) is 17.1 Å². The Bertz CT molecular complexity index is 1830. The second-order valence-corrected chi connectivity index (χ2v) is 16.9. The van der Waals surface area contributed by atoms with Gasteiger partial charge in [-0.25, -0.2) is 17.6 Å². The third kappa shape index (κ3) is 9.29. The maximum atomic E-state index is 15.5. The smallest absolute Gasteiger partial charge is 0.410 e. The third-order valence-corrected chi connectivity index (χ3v) is 11.7. The molecule has 0 saturated carbocycles. The molecule has 0 aliphatic carbocycles. The first-order valence-corrected chi connectivity index (χ1v) is 19.0. The number of aromatic nitrogens is 1. The second-order valence-electron chi connectivity index (χ2n) is 14.4. The number of carbonyl (C=O) groups excluding carboxylic acids is 2. The van der Waals surface area contributed by atoms with Gasteiger partial charge < -0.3 is 15.4 Å². The summed E-state index contributed by atoms with van der Waals surface area (Å²) in [5.41, 5.74) is 7.14. The summed E-state index contributed by atoms with van der Waals surface area (Å²) in [7, 11) is -3.62. The van der Waals surface area contributed by atoms with Gasteiger partial charge in [0.15, 0.2) is 5.78 Å². The van der Waals surface area contributed by atoms with Crippen molar-refractivity contribution in [2.75, 3.05) is 18.8 Å². The third-order valence-electron chi connectivity index (χ3n) is 9.43. The van der Waals surface area contributed by atoms with Crippen LogP contribution in [0.3, 0.4) is 0 Å². The maximum Gasteiger partial charge on any atom is 0.410 e. The standard InChI is InChI=1S/C37H44ClF3N4O5S/c1-36(2,3)50-35(47)44-21-28(45-22-27(44)8-6-18-51(45,48)49)15-16-29-24(7-5-9-30(29)39)19-31(46)34(42)33(23-10-13-26(38)14-11-23)25-12-17-32(43-20-25)37(4,40)41/h5,7,9-14,17,20,27-28,33-34H,6,8,15-16,18-19,21-22,42H2,1-4H3/t27-,28+,33+,34-/m1/s1. The number of Topliss-reactive ketones (excluding diaryl/α,β-unsaturated/α-hetero) is 1. The number of rotatable bonds is 10. The lowest BCUT2D eigenvalue weighted by Gasteiger charge is -2.44. The Balaban J connectivity index is 1.39. The molecule has 2 aliphatic rings. The van der Waals surface area contributed by atoms with Crippen LogP contribution in [0.25, 0.3) is 0 Å². The van der Waals surface area contributed by atoms with Crippen LogP contribution in [0.2, 0.25) is 5.02 Å². The van der Waals surface area contributed by atoms with Crippen molar-refractivity contribution in [3.8, 4) is 0 Å². The fourth-order valence-corrected chi connectivity index (χ4v) is 8.80. The van der Waals surface area contributed by atoms with Gasteiger partial charge in [0.25, 0.3) is 5.92 Å². The minimum atomic E-state index is -3.62. The van der Waals surface area contributed by atoms with Crippen molar-refractivity contribution < 1.29 is 35.9 Å². The maximum absolute atomic E-state index is 15.5. The number of ketones is 1. The van der Waals surface area contributed by atoms with Crippen molar-refractivity contribution in [3.63, 3.8) is 0 Å². The van der Waals surface area contributed by atoms with Gasteiger partial charge in [-0.05, 0) is 93.0 Å². The molecule has 0 radical (unpaired) electrons. The average molecular weight is 749 g/mol. The van der Waals surface area contributed by atoms with Crippen LogP contribution in [0.5, 0.6) is 0 Å². The molecular weight excluding hydrogens is 705 g/mol. The Labute approximate surface area is 302 Å². The summed E-state index contributed by atoms with van der Waals surface area (Å²) in [4.78, 5) is 32.7. The highest BCUT2D eigenvalue weighted by atomic mass is 35.5. The number of halogens is 4. The number of pyridine rings is 1. The van der Waals surface area contributed by atoms with Crippen molar-refractivity contribution in [2.24, 2.45) is 5.73 Å². The monoisotopic (exact) mass is 748 g/mol. The molecule has 1 amide bonds. The molecule has 2 N–H and O–H groups in total. The van der Waals surface area contributed by atoms with E-state index in [9.17, 15) is 26.8 Å². The molecule has 9 nitrogen and oxygen atoms in total. The van der Waals surface area contributed by atoms with E-state index in [1.807, 2.05) is 0 Å². The van der Waals surface area contributed by atoms with E-state index in [0.717, 1.165) is 6.92 Å². The SMILES string of the molecule is CC(C)(C)OC(=O)N1C[C@H](CCc2c(F)cccc2CC(=O)[C@@H](N)[C@@H](c2ccc(Cl)cc2)c2ccc(C(C)(F)F)nc2)N2C[C@H]1CCCS2(=O)=O. The van der Waals surface area contributed by atoms with Gasteiger partial charge in [-0.2, -0.15) is 13.1 Å². The number of piperazine rings is 1. The van der Waals surface area contributed by atoms with E-state index in [1.54, 1.807) is 56.0 Å². The topological polar surface area (TPSA) is 123 Å². The summed E-state index contributed by atoms with van der Waals surface area (Å²) in [5, 5.41) is 0.455. The molecule has 1 unspecified atom stereocenters. The van der Waals surface area contributed by atoms with Crippen LogP contribution in [-0.2, 0) is 38.3 Å². The van der Waals surface area contributed by atoms with Crippen LogP contribution < -0.4 is 5.73 Å². The highest BCUT2D eigenvalue weighted by Gasteiger charge is 2.44. The van der Waals surface area contributed by atoms with Crippen molar-refractivity contribution >= 4 is 33.5 Å². The zero-order chi connectivity index (χ0) is 37.3. The molecule has 2 saturated heterocycles. The second kappa shape index (κ2) is 15.2. The van der Waals surface area contributed by atoms with Gasteiger partial charge in [-0.15, -0.1) is 0 Å². The largest absolute Gasteiger partial charge is 0.444 e. The van der Waals surface area contributed by atoms with Crippen LogP contribution in [-0.4, -0.2) is 77.1 Å². The number of amides is 1. The molecule has 2 aromatic carbocycles. The minimum absolute atomic E-state index is 0.0482. The quantitative estimate of drug-likeness (QED) is 0.248. The average Bonchev–Trinajstić information content (AvgIpc) is 3.17. The van der Waals surface area contributed by atoms with E-state index in [0.29, 0.717) is 34.6 Å². The summed E-state index contributed by atoms with van der Waals surface area (Å²) < 4.78 is 77.1. The van der Waals surface area contributed by atoms with Crippen LogP contribution in [0.4, 0.5) is 18.0 Å². The number of alkyl halides is 2. The number of hydrogen-bond acceptors (Lipinski definition) is 7. The molecule has 2 bridgehead atoms. The number of fused-ring (bicyclic) bond motifs is 2. The number of ether oxygens (including phenoxy) is 1. The molecular formula is C37H44ClF3N4O5S. The molecule has 1 aromatic heterocycles. The highest BCUT2D eigenvalue weighted by Crippen LogP contribution is 2.33. The molecule has 3 heterocycles. The minimum Gasteiger partial charge on any atom is -0.444 e. The molecule has 51 heavy (non-hydrogen) atoms. The van der Waals surface area contributed by atoms with Gasteiger partial charge in [-0.3, -0.25) is 9.78 Å². The van der Waals surface area contributed by atoms with Gasteiger partial charge in [0, 0.05) is 55.7 Å². The normalized spacial score (nSPS) is 21.7. The molecule has 0 spiro atoms. The molecule has 276 valence electrons. The summed E-state index contributed by atoms with van der Waals surface area (Å²) in [6, 6.07) is 11.6. The molecule has 2 fully saturated rings. The molecule has 14 heteroatoms. The fraction of sp³-hybridized carbons (Fsp3) is 0.486. The Morgan fingerprint density at radius 2 is 1.73 bits per heavy atom. The Morgan fingerprint density at radius 1 is 1.04 bits per heavy atom. The molecule has 2 aliphatic heterocycles. The Morgan fingerprint density at radius 3 is 2.35 bits per heavy atom. The zero-order valence-electron chi connectivity index (χ0n) is 29.1. The van der Waals surface area contributed by atoms with E-state index in [2.05, 4.69) is 4.98 Å². The van der Waals surface area contributed by atoms with Gasteiger partial charge in [-0.1, -0.05) is 41.9 Å². The zero-order valence-corrected chi connectivity index (χ0v) is 30.7. The van der Waals surface area contributed by atoms with Crippen LogP contribution in [0.1, 0.15) is 80.8 Å². The van der Waals surface area contributed by atoms with Crippen molar-refractivity contribution in [2.45, 2.75) is 95.4 Å². The summed E-state index contributed by atoms with van der Waals surface area (Å²) in [5.74, 6) is -4.97. The van der Waals surface area contributed by atoms with E-state index >= 15 is 4.39 Å². The summed E-state index contributed by atoms with van der Waals surface area (Å²) >= 11 is 6.11. The van der Waals surface area contributed by atoms with Crippen LogP contribution in [0.15, 0.2) is 60.8 Å². The van der Waals surface area contributed by atoms with Gasteiger partial charge in [0.2, 0.25) is 10.0 Å². The number of sulfonamides is 1. The molecule has 3 aromatic rings. The number of hydrogen-bond donors (Lipinski definition) is 1. The van der Waals surface area contributed by atoms with Crippen molar-refractivity contribution in [1.29, 1.82) is 0 Å². The van der Waals surface area contributed by atoms with E-state index in [-0.39, 0.29) is 49.7 Å². The van der Waals surface area contributed by atoms with Crippen LogP contribution in [0, 0.1) is 5.82 Å². The number of benzene rings is 2. The van der Waals surface area contributed by atoms with E-state index in [1.165, 1.54) is 34.8 Å². The predicted octanol–water partition coefficient (Wildman–Crippen LogP) is 6.60. The number of carbonyl (C=O) groups is 2. The molecule has 5 rings (SSSR count). The summed E-state index contributed by atoms with van der Waals surface area (Å²) in [6.45, 7) is 6.25. The van der Waals surface area contributed by atoms with E-state index in [4.69, 9.17) is 22.1 Å². The number of nitrogens with zero attached hydrogens (tertiary/aromatic N) is 3. The lowest BCUT2D eigenvalue weighted by Crippen LogP contribution is -2.60. The summed E-state index contributed by atoms with van der Waals surface area (Å²) in [6.07, 6.45) is 1.71. The van der Waals surface area contributed by atoms with Gasteiger partial charge >= 0.3 is 6.09 Å². The first-order valence-electron chi connectivity index (χ1n) is 17.0. The number of nitrogens with two attached hydrogens (primary N) is 1. The first-order chi connectivity index (χ1) is 23.8. The van der Waals surface area contributed by atoms with E-state index < -0.39 is 62.9 Å². The fourth-order valence-electron chi connectivity index (χ4n) is 6.89.